The van der Waals surface area contributed by atoms with E-state index in [4.69, 9.17) is 16.3 Å². The van der Waals surface area contributed by atoms with Gasteiger partial charge in [0.2, 0.25) is 5.91 Å². The number of hydrogen-bond acceptors (Lipinski definition) is 4. The van der Waals surface area contributed by atoms with Crippen LogP contribution in [0.25, 0.3) is 0 Å². The third-order valence-electron chi connectivity index (χ3n) is 4.74. The van der Waals surface area contributed by atoms with Gasteiger partial charge in [-0.2, -0.15) is 18.3 Å². The molecule has 0 atom stereocenters. The van der Waals surface area contributed by atoms with E-state index in [1.807, 2.05) is 12.1 Å². The Morgan fingerprint density at radius 2 is 1.93 bits per heavy atom. The van der Waals surface area contributed by atoms with Crippen molar-refractivity contribution in [1.29, 1.82) is 0 Å². The summed E-state index contributed by atoms with van der Waals surface area (Å²) in [5.41, 5.74) is 0.145. The van der Waals surface area contributed by atoms with Gasteiger partial charge in [0.1, 0.15) is 12.3 Å². The lowest BCUT2D eigenvalue weighted by Crippen LogP contribution is -2.49. The first kappa shape index (κ1) is 21.8. The van der Waals surface area contributed by atoms with Crippen molar-refractivity contribution < 1.29 is 22.7 Å². The van der Waals surface area contributed by atoms with Crippen molar-refractivity contribution in [2.45, 2.75) is 19.6 Å². The van der Waals surface area contributed by atoms with Crippen LogP contribution in [0.15, 0.2) is 22.7 Å². The molecular formula is C18H19BrClF3N4O2. The van der Waals surface area contributed by atoms with Gasteiger partial charge in [0, 0.05) is 37.9 Å². The van der Waals surface area contributed by atoms with Crippen LogP contribution in [-0.2, 0) is 17.5 Å². The fraction of sp³-hybridized carbons (Fsp3) is 0.444. The second-order valence-electron chi connectivity index (χ2n) is 6.59. The first-order chi connectivity index (χ1) is 13.6. The predicted molar refractivity (Wildman–Crippen MR) is 106 cm³/mol. The second kappa shape index (κ2) is 8.43. The molecule has 1 aromatic heterocycles. The number of benzene rings is 1. The number of carbonyl (C=O) groups excluding carboxylic acids is 1. The van der Waals surface area contributed by atoms with Crippen LogP contribution in [0.3, 0.4) is 0 Å². The number of ether oxygens (including phenoxy) is 1. The van der Waals surface area contributed by atoms with Crippen molar-refractivity contribution in [1.82, 2.24) is 14.7 Å². The van der Waals surface area contributed by atoms with Crippen LogP contribution in [0, 0.1) is 6.92 Å². The summed E-state index contributed by atoms with van der Waals surface area (Å²) in [7, 11) is 1.53. The molecule has 3 rings (SSSR count). The number of amides is 1. The van der Waals surface area contributed by atoms with Gasteiger partial charge >= 0.3 is 6.18 Å². The molecule has 11 heteroatoms. The lowest BCUT2D eigenvalue weighted by molar-refractivity contribution is -0.146. The van der Waals surface area contributed by atoms with Crippen LogP contribution < -0.4 is 9.64 Å². The molecular weight excluding hydrogens is 477 g/mol. The van der Waals surface area contributed by atoms with Crippen LogP contribution in [0.5, 0.6) is 5.75 Å². The summed E-state index contributed by atoms with van der Waals surface area (Å²) in [6.07, 6.45) is -4.60. The van der Waals surface area contributed by atoms with Crippen molar-refractivity contribution in [2.24, 2.45) is 0 Å². The molecule has 158 valence electrons. The Kier molecular flexibility index (Phi) is 6.33. The third kappa shape index (κ3) is 4.63. The minimum Gasteiger partial charge on any atom is -0.495 e. The highest BCUT2D eigenvalue weighted by Crippen LogP contribution is 2.36. The number of alkyl halides is 3. The maximum absolute atomic E-state index is 13.3. The molecule has 0 N–H and O–H groups in total. The smallest absolute Gasteiger partial charge is 0.434 e. The third-order valence-corrected chi connectivity index (χ3v) is 6.00. The number of piperazine rings is 1. The number of aryl methyl sites for hydroxylation is 1. The Morgan fingerprint density at radius 3 is 2.52 bits per heavy atom. The molecule has 0 saturated carbocycles. The minimum atomic E-state index is -4.60. The van der Waals surface area contributed by atoms with Crippen molar-refractivity contribution in [2.75, 3.05) is 38.2 Å². The van der Waals surface area contributed by atoms with Crippen molar-refractivity contribution in [3.63, 3.8) is 0 Å². The zero-order valence-corrected chi connectivity index (χ0v) is 18.1. The first-order valence-electron chi connectivity index (χ1n) is 8.78. The average Bonchev–Trinajstić information content (AvgIpc) is 2.95. The molecule has 0 aliphatic carbocycles. The van der Waals surface area contributed by atoms with Gasteiger partial charge in [0.05, 0.1) is 22.3 Å². The molecule has 1 saturated heterocycles. The first-order valence-corrected chi connectivity index (χ1v) is 9.95. The fourth-order valence-corrected chi connectivity index (χ4v) is 3.94. The number of rotatable bonds is 4. The van der Waals surface area contributed by atoms with Gasteiger partial charge in [0.15, 0.2) is 5.69 Å². The van der Waals surface area contributed by atoms with Gasteiger partial charge in [0.25, 0.3) is 0 Å². The van der Waals surface area contributed by atoms with E-state index in [0.29, 0.717) is 37.0 Å². The molecule has 1 amide bonds. The molecule has 1 aromatic carbocycles. The lowest BCUT2D eigenvalue weighted by Gasteiger charge is -2.36. The van der Waals surface area contributed by atoms with E-state index in [1.54, 1.807) is 11.0 Å². The molecule has 0 radical (unpaired) electrons. The molecule has 0 unspecified atom stereocenters. The molecule has 6 nitrogen and oxygen atoms in total. The molecule has 29 heavy (non-hydrogen) atoms. The highest BCUT2D eigenvalue weighted by atomic mass is 79.9. The number of aromatic nitrogens is 2. The molecule has 1 aliphatic heterocycles. The van der Waals surface area contributed by atoms with Gasteiger partial charge in [-0.1, -0.05) is 11.6 Å². The number of carbonyl (C=O) groups is 1. The quantitative estimate of drug-likeness (QED) is 0.644. The van der Waals surface area contributed by atoms with Crippen LogP contribution in [0.2, 0.25) is 5.02 Å². The van der Waals surface area contributed by atoms with Gasteiger partial charge < -0.3 is 14.5 Å². The fourth-order valence-electron chi connectivity index (χ4n) is 3.23. The van der Waals surface area contributed by atoms with Crippen molar-refractivity contribution in [3.8, 4) is 5.75 Å². The van der Waals surface area contributed by atoms with Gasteiger partial charge in [-0.05, 0) is 35.0 Å². The summed E-state index contributed by atoms with van der Waals surface area (Å²) in [6, 6.07) is 5.42. The Bertz CT molecular complexity index is 911. The van der Waals surface area contributed by atoms with E-state index in [2.05, 4.69) is 25.9 Å². The van der Waals surface area contributed by atoms with Crippen LogP contribution in [0.1, 0.15) is 11.4 Å². The SMILES string of the molecule is COc1cc(N2CCN(C(=O)Cn3nc(C)c(Br)c3C(F)(F)F)CC2)ccc1Cl. The van der Waals surface area contributed by atoms with Crippen molar-refractivity contribution >= 4 is 39.1 Å². The lowest BCUT2D eigenvalue weighted by atomic mass is 10.2. The standard InChI is InChI=1S/C18H19BrClF3N4O2/c1-11-16(19)17(18(21,22)23)27(24-11)10-15(28)26-7-5-25(6-8-26)12-3-4-13(20)14(9-12)29-2/h3-4,9H,5-8,10H2,1-2H3. The minimum absolute atomic E-state index is 0.140. The van der Waals surface area contributed by atoms with Crippen molar-refractivity contribution in [3.05, 3.63) is 39.1 Å². The maximum Gasteiger partial charge on any atom is 0.434 e. The predicted octanol–water partition coefficient (Wildman–Crippen LogP) is 3.98. The summed E-state index contributed by atoms with van der Waals surface area (Å²) < 4.78 is 45.7. The normalized spacial score (nSPS) is 15.0. The second-order valence-corrected chi connectivity index (χ2v) is 7.79. The summed E-state index contributed by atoms with van der Waals surface area (Å²) in [6.45, 7) is 2.88. The summed E-state index contributed by atoms with van der Waals surface area (Å²) in [4.78, 5) is 16.2. The van der Waals surface area contributed by atoms with E-state index < -0.39 is 24.3 Å². The molecule has 1 fully saturated rings. The Morgan fingerprint density at radius 1 is 1.28 bits per heavy atom. The molecule has 0 bridgehead atoms. The number of hydrogen-bond donors (Lipinski definition) is 0. The van der Waals surface area contributed by atoms with Gasteiger partial charge in [-0.25, -0.2) is 4.68 Å². The largest absolute Gasteiger partial charge is 0.495 e. The Balaban J connectivity index is 1.66. The number of halogens is 5. The Hall–Kier alpha value is -1.94. The van der Waals surface area contributed by atoms with Crippen LogP contribution >= 0.6 is 27.5 Å². The zero-order valence-electron chi connectivity index (χ0n) is 15.8. The summed E-state index contributed by atoms with van der Waals surface area (Å²) in [5.74, 6) is 0.154. The van der Waals surface area contributed by atoms with E-state index >= 15 is 0 Å². The highest BCUT2D eigenvalue weighted by Gasteiger charge is 2.39. The number of methoxy groups -OCH3 is 1. The van der Waals surface area contributed by atoms with E-state index in [1.165, 1.54) is 14.0 Å². The molecule has 1 aliphatic rings. The van der Waals surface area contributed by atoms with Gasteiger partial charge in [-0.15, -0.1) is 0 Å². The van der Waals surface area contributed by atoms with E-state index in [0.717, 1.165) is 10.4 Å². The highest BCUT2D eigenvalue weighted by molar-refractivity contribution is 9.10. The monoisotopic (exact) mass is 494 g/mol. The average molecular weight is 496 g/mol. The zero-order chi connectivity index (χ0) is 21.3. The van der Waals surface area contributed by atoms with E-state index in [9.17, 15) is 18.0 Å². The molecule has 2 aromatic rings. The van der Waals surface area contributed by atoms with Gasteiger partial charge in [-0.3, -0.25) is 4.79 Å². The molecule has 2 heterocycles. The van der Waals surface area contributed by atoms with Crippen LogP contribution in [-0.4, -0.2) is 53.9 Å². The van der Waals surface area contributed by atoms with Crippen LogP contribution in [0.4, 0.5) is 18.9 Å². The Labute approximate surface area is 179 Å². The van der Waals surface area contributed by atoms with E-state index in [-0.39, 0.29) is 10.2 Å². The molecule has 0 spiro atoms. The number of nitrogens with zero attached hydrogens (tertiary/aromatic N) is 4. The number of anilines is 1. The maximum atomic E-state index is 13.3. The topological polar surface area (TPSA) is 50.6 Å². The summed E-state index contributed by atoms with van der Waals surface area (Å²) in [5, 5.41) is 4.37. The summed E-state index contributed by atoms with van der Waals surface area (Å²) >= 11 is 8.97.